The predicted molar refractivity (Wildman–Crippen MR) is 90.5 cm³/mol. The molecule has 0 amide bonds. The van der Waals surface area contributed by atoms with Crippen molar-refractivity contribution < 1.29 is 15.1 Å². The zero-order valence-corrected chi connectivity index (χ0v) is 13.5. The average Bonchev–Trinajstić information content (AvgIpc) is 3.09. The fourth-order valence-corrected chi connectivity index (χ4v) is 2.78. The molecule has 1 aromatic heterocycles. The summed E-state index contributed by atoms with van der Waals surface area (Å²) in [5.41, 5.74) is 0.717. The van der Waals surface area contributed by atoms with Crippen LogP contribution in [0.1, 0.15) is 11.9 Å². The minimum Gasteiger partial charge on any atom is -0.364 e. The normalized spacial score (nSPS) is 10.8. The molecule has 0 saturated heterocycles. The number of benzene rings is 2. The van der Waals surface area contributed by atoms with Gasteiger partial charge in [0.25, 0.3) is 5.69 Å². The third-order valence-corrected chi connectivity index (χ3v) is 4.16. The number of nitrogens with zero attached hydrogens (tertiary/aromatic N) is 3. The van der Waals surface area contributed by atoms with Crippen LogP contribution < -0.4 is 5.32 Å². The fraction of sp³-hybridized carbons (Fsp3) is 0.0667. The molecule has 0 aliphatic heterocycles. The zero-order valence-electron chi connectivity index (χ0n) is 12.7. The molecule has 128 valence electrons. The van der Waals surface area contributed by atoms with Crippen molar-refractivity contribution in [3.63, 3.8) is 0 Å². The molecular formula is C15H13N5O4S. The lowest BCUT2D eigenvalue weighted by atomic mass is 10.1. The van der Waals surface area contributed by atoms with Gasteiger partial charge in [-0.15, -0.1) is 0 Å². The molecule has 0 aliphatic carbocycles. The summed E-state index contributed by atoms with van der Waals surface area (Å²) in [5.74, 6) is 0. The lowest BCUT2D eigenvalue weighted by Gasteiger charge is -2.10. The van der Waals surface area contributed by atoms with Crippen molar-refractivity contribution in [2.24, 2.45) is 0 Å². The molecule has 10 heteroatoms. The van der Waals surface area contributed by atoms with Crippen LogP contribution in [0.15, 0.2) is 58.8 Å². The van der Waals surface area contributed by atoms with Gasteiger partial charge in [-0.1, -0.05) is 17.8 Å². The standard InChI is InChI=1S/C15H13N5O4S/c21-14(22)9-1-6-12(13(7-9)20(23)24)18-10-2-4-11(5-3-10)25-15-16-8-17-19-15/h1-8,14,18,21-22H,(H,16,17,19). The molecule has 0 fully saturated rings. The summed E-state index contributed by atoms with van der Waals surface area (Å²) < 4.78 is 0. The van der Waals surface area contributed by atoms with E-state index < -0.39 is 11.2 Å². The molecule has 1 heterocycles. The smallest absolute Gasteiger partial charge is 0.293 e. The van der Waals surface area contributed by atoms with Crippen molar-refractivity contribution in [1.82, 2.24) is 15.2 Å². The van der Waals surface area contributed by atoms with Crippen LogP contribution in [0.25, 0.3) is 0 Å². The maximum absolute atomic E-state index is 11.2. The Hall–Kier alpha value is -2.95. The highest BCUT2D eigenvalue weighted by Gasteiger charge is 2.17. The number of rotatable bonds is 6. The molecular weight excluding hydrogens is 346 g/mol. The molecule has 0 aliphatic rings. The number of hydrogen-bond acceptors (Lipinski definition) is 8. The Morgan fingerprint density at radius 2 is 1.96 bits per heavy atom. The number of nitro groups is 1. The number of nitro benzene ring substituents is 1. The Morgan fingerprint density at radius 3 is 2.56 bits per heavy atom. The number of aliphatic hydroxyl groups is 2. The quantitative estimate of drug-likeness (QED) is 0.299. The van der Waals surface area contributed by atoms with Gasteiger partial charge in [-0.05, 0) is 30.3 Å². The molecule has 3 rings (SSSR count). The molecule has 3 aromatic rings. The lowest BCUT2D eigenvalue weighted by Crippen LogP contribution is -2.01. The molecule has 0 radical (unpaired) electrons. The highest BCUT2D eigenvalue weighted by Crippen LogP contribution is 2.31. The van der Waals surface area contributed by atoms with Gasteiger partial charge >= 0.3 is 0 Å². The van der Waals surface area contributed by atoms with Crippen molar-refractivity contribution in [2.45, 2.75) is 16.3 Å². The van der Waals surface area contributed by atoms with E-state index in [0.29, 0.717) is 10.8 Å². The number of aliphatic hydroxyl groups excluding tert-OH is 1. The van der Waals surface area contributed by atoms with Gasteiger partial charge in [0.15, 0.2) is 11.4 Å². The summed E-state index contributed by atoms with van der Waals surface area (Å²) in [5, 5.41) is 39.6. The lowest BCUT2D eigenvalue weighted by molar-refractivity contribution is -0.384. The maximum atomic E-state index is 11.2. The first-order valence-corrected chi connectivity index (χ1v) is 7.89. The van der Waals surface area contributed by atoms with Crippen LogP contribution >= 0.6 is 11.8 Å². The third kappa shape index (κ3) is 4.12. The van der Waals surface area contributed by atoms with Crippen LogP contribution in [-0.2, 0) is 0 Å². The first-order valence-electron chi connectivity index (χ1n) is 7.08. The fourth-order valence-electron chi connectivity index (χ4n) is 2.08. The van der Waals surface area contributed by atoms with E-state index in [1.165, 1.54) is 30.2 Å². The first-order chi connectivity index (χ1) is 12.0. The molecule has 2 aromatic carbocycles. The van der Waals surface area contributed by atoms with Gasteiger partial charge in [0.05, 0.1) is 4.92 Å². The number of aromatic amines is 1. The summed E-state index contributed by atoms with van der Waals surface area (Å²) in [4.78, 5) is 15.6. The van der Waals surface area contributed by atoms with E-state index in [1.54, 1.807) is 12.1 Å². The van der Waals surface area contributed by atoms with Crippen LogP contribution in [0.5, 0.6) is 0 Å². The number of anilines is 2. The van der Waals surface area contributed by atoms with Crippen LogP contribution in [0.3, 0.4) is 0 Å². The highest BCUT2D eigenvalue weighted by atomic mass is 32.2. The Kier molecular flexibility index (Phi) is 4.93. The molecule has 4 N–H and O–H groups in total. The average molecular weight is 359 g/mol. The molecule has 0 unspecified atom stereocenters. The molecule has 0 saturated carbocycles. The van der Waals surface area contributed by atoms with Crippen molar-refractivity contribution in [3.8, 4) is 0 Å². The second-order valence-electron chi connectivity index (χ2n) is 4.95. The summed E-state index contributed by atoms with van der Waals surface area (Å²) in [6, 6.07) is 11.2. The largest absolute Gasteiger partial charge is 0.364 e. The molecule has 0 bridgehead atoms. The summed E-state index contributed by atoms with van der Waals surface area (Å²) in [6.07, 6.45) is -0.343. The van der Waals surface area contributed by atoms with Gasteiger partial charge in [0.2, 0.25) is 0 Å². The van der Waals surface area contributed by atoms with E-state index in [-0.39, 0.29) is 16.9 Å². The van der Waals surface area contributed by atoms with Crippen molar-refractivity contribution in [3.05, 3.63) is 64.5 Å². The van der Waals surface area contributed by atoms with E-state index >= 15 is 0 Å². The molecule has 9 nitrogen and oxygen atoms in total. The number of nitrogens with one attached hydrogen (secondary N) is 2. The van der Waals surface area contributed by atoms with E-state index in [0.717, 1.165) is 11.0 Å². The van der Waals surface area contributed by atoms with Gasteiger partial charge in [-0.3, -0.25) is 15.2 Å². The monoisotopic (exact) mass is 359 g/mol. The van der Waals surface area contributed by atoms with Gasteiger partial charge in [-0.25, -0.2) is 4.98 Å². The van der Waals surface area contributed by atoms with Crippen LogP contribution in [0.4, 0.5) is 17.1 Å². The Balaban J connectivity index is 1.78. The van der Waals surface area contributed by atoms with Gasteiger partial charge in [-0.2, -0.15) is 5.10 Å². The van der Waals surface area contributed by atoms with Crippen LogP contribution in [-0.4, -0.2) is 30.3 Å². The minimum absolute atomic E-state index is 0.0519. The van der Waals surface area contributed by atoms with E-state index in [1.807, 2.05) is 12.1 Å². The van der Waals surface area contributed by atoms with Gasteiger partial charge in [0.1, 0.15) is 12.0 Å². The van der Waals surface area contributed by atoms with Gasteiger partial charge in [0, 0.05) is 22.2 Å². The minimum atomic E-state index is -1.76. The molecule has 0 spiro atoms. The number of hydrogen-bond donors (Lipinski definition) is 4. The summed E-state index contributed by atoms with van der Waals surface area (Å²) >= 11 is 1.40. The Labute approximate surface area is 145 Å². The molecule has 25 heavy (non-hydrogen) atoms. The SMILES string of the molecule is O=[N+]([O-])c1cc(C(O)O)ccc1Nc1ccc(Sc2ncn[nH]2)cc1. The van der Waals surface area contributed by atoms with Crippen molar-refractivity contribution in [2.75, 3.05) is 5.32 Å². The summed E-state index contributed by atoms with van der Waals surface area (Å²) in [7, 11) is 0. The Bertz CT molecular complexity index is 868. The third-order valence-electron chi connectivity index (χ3n) is 3.26. The Morgan fingerprint density at radius 1 is 1.20 bits per heavy atom. The maximum Gasteiger partial charge on any atom is 0.293 e. The van der Waals surface area contributed by atoms with E-state index in [4.69, 9.17) is 10.2 Å². The highest BCUT2D eigenvalue weighted by molar-refractivity contribution is 7.99. The van der Waals surface area contributed by atoms with E-state index in [9.17, 15) is 10.1 Å². The van der Waals surface area contributed by atoms with Crippen molar-refractivity contribution >= 4 is 28.8 Å². The zero-order chi connectivity index (χ0) is 17.8. The van der Waals surface area contributed by atoms with Crippen LogP contribution in [0, 0.1) is 10.1 Å². The topological polar surface area (TPSA) is 137 Å². The first kappa shape index (κ1) is 16.9. The summed E-state index contributed by atoms with van der Waals surface area (Å²) in [6.45, 7) is 0. The van der Waals surface area contributed by atoms with E-state index in [2.05, 4.69) is 20.5 Å². The van der Waals surface area contributed by atoms with Crippen LogP contribution in [0.2, 0.25) is 0 Å². The number of H-pyrrole nitrogens is 1. The van der Waals surface area contributed by atoms with Crippen molar-refractivity contribution in [1.29, 1.82) is 0 Å². The second kappa shape index (κ2) is 7.30. The predicted octanol–water partition coefficient (Wildman–Crippen LogP) is 2.59. The van der Waals surface area contributed by atoms with Gasteiger partial charge < -0.3 is 15.5 Å². The second-order valence-corrected chi connectivity index (χ2v) is 6.01. The number of aromatic nitrogens is 3. The molecule has 0 atom stereocenters.